The lowest BCUT2D eigenvalue weighted by Gasteiger charge is -2.04. The SMILES string of the molecule is [N-]=[N+]=CCCOC(=O)OCc1ccccc1. The average molecular weight is 220 g/mol. The number of hydrogen-bond donors (Lipinski definition) is 0. The van der Waals surface area contributed by atoms with Crippen LogP contribution in [-0.4, -0.2) is 23.8 Å². The maximum Gasteiger partial charge on any atom is 0.508 e. The summed E-state index contributed by atoms with van der Waals surface area (Å²) in [5.74, 6) is 0. The Bertz CT molecular complexity index is 372. The number of carbonyl (C=O) groups is 1. The van der Waals surface area contributed by atoms with Gasteiger partial charge in [0.1, 0.15) is 13.2 Å². The molecule has 0 unspecified atom stereocenters. The number of rotatable bonds is 5. The van der Waals surface area contributed by atoms with Gasteiger partial charge >= 0.3 is 6.16 Å². The molecule has 0 amide bonds. The maximum atomic E-state index is 11.0. The molecule has 5 heteroatoms. The lowest BCUT2D eigenvalue weighted by Crippen LogP contribution is -2.08. The molecule has 0 saturated heterocycles. The molecule has 5 nitrogen and oxygen atoms in total. The third kappa shape index (κ3) is 4.93. The number of nitrogens with zero attached hydrogens (tertiary/aromatic N) is 2. The maximum absolute atomic E-state index is 11.0. The molecular formula is C11H12N2O3. The molecular weight excluding hydrogens is 208 g/mol. The summed E-state index contributed by atoms with van der Waals surface area (Å²) in [6, 6.07) is 9.32. The molecule has 0 fully saturated rings. The fourth-order valence-corrected chi connectivity index (χ4v) is 1.01. The van der Waals surface area contributed by atoms with Gasteiger partial charge in [-0.2, -0.15) is 4.79 Å². The van der Waals surface area contributed by atoms with Gasteiger partial charge in [0, 0.05) is 0 Å². The minimum atomic E-state index is -0.727. The van der Waals surface area contributed by atoms with Crippen molar-refractivity contribution in [2.45, 2.75) is 13.0 Å². The molecule has 0 atom stereocenters. The lowest BCUT2D eigenvalue weighted by atomic mass is 10.2. The Kier molecular flexibility index (Phi) is 5.37. The Labute approximate surface area is 93.2 Å². The third-order valence-electron chi connectivity index (χ3n) is 1.75. The first-order valence-electron chi connectivity index (χ1n) is 4.82. The van der Waals surface area contributed by atoms with E-state index >= 15 is 0 Å². The van der Waals surface area contributed by atoms with Gasteiger partial charge in [-0.3, -0.25) is 0 Å². The van der Waals surface area contributed by atoms with Crippen LogP contribution in [0.4, 0.5) is 4.79 Å². The molecule has 0 aromatic heterocycles. The first-order chi connectivity index (χ1) is 7.83. The number of hydrogen-bond acceptors (Lipinski definition) is 3. The second kappa shape index (κ2) is 7.20. The van der Waals surface area contributed by atoms with Crippen LogP contribution in [0.5, 0.6) is 0 Å². The summed E-state index contributed by atoms with van der Waals surface area (Å²) in [6.45, 7) is 0.325. The molecule has 1 aromatic rings. The van der Waals surface area contributed by atoms with E-state index in [9.17, 15) is 4.79 Å². The highest BCUT2D eigenvalue weighted by Crippen LogP contribution is 2.01. The Morgan fingerprint density at radius 2 is 2.06 bits per heavy atom. The zero-order chi connectivity index (χ0) is 11.6. The molecule has 0 radical (unpaired) electrons. The Morgan fingerprint density at radius 3 is 2.75 bits per heavy atom. The van der Waals surface area contributed by atoms with Gasteiger partial charge in [0.05, 0.1) is 6.42 Å². The van der Waals surface area contributed by atoms with Crippen molar-refractivity contribution in [2.24, 2.45) is 0 Å². The topological polar surface area (TPSA) is 71.9 Å². The summed E-state index contributed by atoms with van der Waals surface area (Å²) in [6.07, 6.45) is 0.872. The van der Waals surface area contributed by atoms with Crippen molar-refractivity contribution in [1.82, 2.24) is 0 Å². The molecule has 1 rings (SSSR count). The second-order valence-electron chi connectivity index (χ2n) is 2.96. The monoisotopic (exact) mass is 220 g/mol. The molecule has 0 bridgehead atoms. The van der Waals surface area contributed by atoms with Gasteiger partial charge in [-0.25, -0.2) is 4.79 Å². The van der Waals surface area contributed by atoms with Crippen molar-refractivity contribution in [3.8, 4) is 0 Å². The van der Waals surface area contributed by atoms with E-state index in [4.69, 9.17) is 15.0 Å². The third-order valence-corrected chi connectivity index (χ3v) is 1.75. The van der Waals surface area contributed by atoms with E-state index in [1.165, 1.54) is 6.21 Å². The largest absolute Gasteiger partial charge is 0.508 e. The number of carbonyl (C=O) groups excluding carboxylic acids is 1. The predicted octanol–water partition coefficient (Wildman–Crippen LogP) is 2.03. The van der Waals surface area contributed by atoms with E-state index in [1.54, 1.807) is 0 Å². The molecule has 0 aliphatic carbocycles. The minimum Gasteiger partial charge on any atom is -0.434 e. The van der Waals surface area contributed by atoms with Crippen molar-refractivity contribution in [3.05, 3.63) is 41.4 Å². The summed E-state index contributed by atoms with van der Waals surface area (Å²) in [5, 5.41) is 0. The van der Waals surface area contributed by atoms with Crippen LogP contribution < -0.4 is 0 Å². The van der Waals surface area contributed by atoms with E-state index < -0.39 is 6.16 Å². The smallest absolute Gasteiger partial charge is 0.434 e. The van der Waals surface area contributed by atoms with Crippen LogP contribution >= 0.6 is 0 Å². The molecule has 16 heavy (non-hydrogen) atoms. The lowest BCUT2D eigenvalue weighted by molar-refractivity contribution is -0.00168. The average Bonchev–Trinajstić information content (AvgIpc) is 2.33. The Hall–Kier alpha value is -2.13. The van der Waals surface area contributed by atoms with Crippen LogP contribution in [0.1, 0.15) is 12.0 Å². The molecule has 0 spiro atoms. The molecule has 1 aromatic carbocycles. The summed E-state index contributed by atoms with van der Waals surface area (Å²) < 4.78 is 9.54. The Morgan fingerprint density at radius 1 is 1.31 bits per heavy atom. The Balaban J connectivity index is 2.18. The number of benzene rings is 1. The second-order valence-corrected chi connectivity index (χ2v) is 2.96. The van der Waals surface area contributed by atoms with Crippen molar-refractivity contribution in [1.29, 1.82) is 0 Å². The molecule has 0 heterocycles. The van der Waals surface area contributed by atoms with Crippen molar-refractivity contribution in [2.75, 3.05) is 6.61 Å². The highest BCUT2D eigenvalue weighted by Gasteiger charge is 2.03. The fraction of sp³-hybridized carbons (Fsp3) is 0.273. The molecule has 84 valence electrons. The van der Waals surface area contributed by atoms with E-state index in [1.807, 2.05) is 30.3 Å². The standard InChI is InChI=1S/C11H12N2O3/c12-13-7-4-8-15-11(14)16-9-10-5-2-1-3-6-10/h1-3,5-7H,4,8-9H2. The highest BCUT2D eigenvalue weighted by molar-refractivity contribution is 5.60. The summed E-state index contributed by atoms with van der Waals surface area (Å²) >= 11 is 0. The van der Waals surface area contributed by atoms with Gasteiger partial charge in [0.2, 0.25) is 0 Å². The van der Waals surface area contributed by atoms with Crippen molar-refractivity contribution in [3.63, 3.8) is 0 Å². The summed E-state index contributed by atoms with van der Waals surface area (Å²) in [7, 11) is 0. The van der Waals surface area contributed by atoms with E-state index in [-0.39, 0.29) is 13.2 Å². The van der Waals surface area contributed by atoms with E-state index in [0.717, 1.165) is 5.56 Å². The highest BCUT2D eigenvalue weighted by atomic mass is 16.7. The summed E-state index contributed by atoms with van der Waals surface area (Å²) in [5.41, 5.74) is 8.98. The van der Waals surface area contributed by atoms with E-state index in [2.05, 4.69) is 4.79 Å². The minimum absolute atomic E-state index is 0.137. The van der Waals surface area contributed by atoms with Crippen molar-refractivity contribution >= 4 is 12.4 Å². The number of ether oxygens (including phenoxy) is 2. The van der Waals surface area contributed by atoms with Gasteiger partial charge < -0.3 is 15.0 Å². The van der Waals surface area contributed by atoms with Crippen LogP contribution in [0.2, 0.25) is 0 Å². The van der Waals surface area contributed by atoms with Gasteiger partial charge in [-0.15, -0.1) is 0 Å². The molecule has 0 aliphatic heterocycles. The van der Waals surface area contributed by atoms with Gasteiger partial charge in [-0.05, 0) is 5.56 Å². The first kappa shape index (κ1) is 11.9. The van der Waals surface area contributed by atoms with Crippen LogP contribution in [0.15, 0.2) is 30.3 Å². The molecule has 0 N–H and O–H groups in total. The molecule has 0 saturated carbocycles. The zero-order valence-corrected chi connectivity index (χ0v) is 8.70. The van der Waals surface area contributed by atoms with Gasteiger partial charge in [0.15, 0.2) is 0 Å². The van der Waals surface area contributed by atoms with Crippen molar-refractivity contribution < 1.29 is 19.1 Å². The van der Waals surface area contributed by atoms with Crippen LogP contribution in [0, 0.1) is 0 Å². The summed E-state index contributed by atoms with van der Waals surface area (Å²) in [4.78, 5) is 13.8. The van der Waals surface area contributed by atoms with Crippen LogP contribution in [0.25, 0.3) is 5.53 Å². The predicted molar refractivity (Wildman–Crippen MR) is 56.9 cm³/mol. The van der Waals surface area contributed by atoms with Crippen LogP contribution in [0.3, 0.4) is 0 Å². The van der Waals surface area contributed by atoms with Gasteiger partial charge in [-0.1, -0.05) is 30.3 Å². The molecule has 0 aliphatic rings. The quantitative estimate of drug-likeness (QED) is 0.250. The van der Waals surface area contributed by atoms with Gasteiger partial charge in [0.25, 0.3) is 6.21 Å². The van der Waals surface area contributed by atoms with Crippen LogP contribution in [-0.2, 0) is 16.1 Å². The first-order valence-corrected chi connectivity index (χ1v) is 4.82. The normalized spacial score (nSPS) is 9.00. The van der Waals surface area contributed by atoms with E-state index in [0.29, 0.717) is 6.42 Å². The zero-order valence-electron chi connectivity index (χ0n) is 8.70. The fourth-order valence-electron chi connectivity index (χ4n) is 1.01.